The summed E-state index contributed by atoms with van der Waals surface area (Å²) >= 11 is 0. The first kappa shape index (κ1) is 28.3. The van der Waals surface area contributed by atoms with Crippen LogP contribution in [0.25, 0.3) is 0 Å². The minimum atomic E-state index is -2.04. The summed E-state index contributed by atoms with van der Waals surface area (Å²) < 4.78 is 29.0. The highest BCUT2D eigenvalue weighted by Crippen LogP contribution is 2.69. The van der Waals surface area contributed by atoms with Crippen LogP contribution >= 0.6 is 0 Å². The number of ether oxygens (including phenoxy) is 5. The average Bonchev–Trinajstić information content (AvgIpc) is 3.46. The van der Waals surface area contributed by atoms with Gasteiger partial charge in [-0.15, -0.1) is 0 Å². The lowest BCUT2D eigenvalue weighted by Crippen LogP contribution is -2.75. The second-order valence-electron chi connectivity index (χ2n) is 14.1. The van der Waals surface area contributed by atoms with Crippen LogP contribution < -0.4 is 0 Å². The Balaban J connectivity index is 1.21. The Morgan fingerprint density at radius 3 is 2.49 bits per heavy atom. The van der Waals surface area contributed by atoms with E-state index in [2.05, 4.69) is 0 Å². The number of cyclic esters (lactones) is 1. The molecule has 41 heavy (non-hydrogen) atoms. The van der Waals surface area contributed by atoms with Gasteiger partial charge in [0.1, 0.15) is 24.9 Å². The molecule has 7 rings (SSSR count). The minimum absolute atomic E-state index is 0.0643. The second kappa shape index (κ2) is 9.04. The fourth-order valence-electron chi connectivity index (χ4n) is 10.4. The van der Waals surface area contributed by atoms with E-state index >= 15 is 0 Å². The molecule has 2 saturated heterocycles. The normalized spacial score (nSPS) is 58.0. The van der Waals surface area contributed by atoms with Gasteiger partial charge >= 0.3 is 5.97 Å². The van der Waals surface area contributed by atoms with E-state index < -0.39 is 77.0 Å². The van der Waals surface area contributed by atoms with E-state index in [0.29, 0.717) is 32.1 Å². The molecule has 4 N–H and O–H groups in total. The van der Waals surface area contributed by atoms with Crippen molar-refractivity contribution in [2.24, 2.45) is 34.5 Å². The predicted molar refractivity (Wildman–Crippen MR) is 139 cm³/mol. The smallest absolute Gasteiger partial charge is 0.331 e. The van der Waals surface area contributed by atoms with Crippen molar-refractivity contribution < 1.29 is 53.7 Å². The van der Waals surface area contributed by atoms with Gasteiger partial charge in [-0.05, 0) is 74.2 Å². The number of carbonyl (C=O) groups is 2. The maximum absolute atomic E-state index is 14.3. The molecule has 0 aromatic carbocycles. The van der Waals surface area contributed by atoms with Gasteiger partial charge in [0.25, 0.3) is 0 Å². The summed E-state index contributed by atoms with van der Waals surface area (Å²) in [5.74, 6) is -4.03. The zero-order valence-electron chi connectivity index (χ0n) is 24.0. The molecular weight excluding hydrogens is 536 g/mol. The number of hydrogen-bond acceptors (Lipinski definition) is 11. The molecule has 0 aromatic rings. The Morgan fingerprint density at radius 1 is 1.05 bits per heavy atom. The van der Waals surface area contributed by atoms with Gasteiger partial charge < -0.3 is 44.1 Å². The Morgan fingerprint density at radius 2 is 1.80 bits per heavy atom. The quantitative estimate of drug-likeness (QED) is 0.268. The lowest BCUT2D eigenvalue weighted by Gasteiger charge is -2.65. The van der Waals surface area contributed by atoms with Crippen LogP contribution in [0.4, 0.5) is 0 Å². The summed E-state index contributed by atoms with van der Waals surface area (Å²) in [5.41, 5.74) is -2.36. The van der Waals surface area contributed by atoms with Gasteiger partial charge in [-0.1, -0.05) is 13.8 Å². The van der Waals surface area contributed by atoms with Crippen LogP contribution in [0.1, 0.15) is 59.3 Å². The molecule has 1 unspecified atom stereocenters. The lowest BCUT2D eigenvalue weighted by molar-refractivity contribution is -0.470. The van der Waals surface area contributed by atoms with Crippen molar-refractivity contribution in [2.45, 2.75) is 114 Å². The molecule has 4 aliphatic carbocycles. The molecule has 0 amide bonds. The van der Waals surface area contributed by atoms with Crippen LogP contribution in [0.15, 0.2) is 11.6 Å². The van der Waals surface area contributed by atoms with Crippen LogP contribution in [-0.2, 0) is 33.3 Å². The molecule has 11 heteroatoms. The number of hydrogen-bond donors (Lipinski definition) is 4. The molecule has 0 bridgehead atoms. The molecule has 11 nitrogen and oxygen atoms in total. The monoisotopic (exact) mass is 578 g/mol. The molecule has 0 spiro atoms. The predicted octanol–water partition coefficient (Wildman–Crippen LogP) is 0.596. The first-order valence-electron chi connectivity index (χ1n) is 15.0. The van der Waals surface area contributed by atoms with Gasteiger partial charge in [-0.2, -0.15) is 0 Å². The number of esters is 1. The van der Waals surface area contributed by atoms with Gasteiger partial charge in [0.05, 0.1) is 23.9 Å². The van der Waals surface area contributed by atoms with E-state index in [1.807, 2.05) is 6.92 Å². The van der Waals surface area contributed by atoms with Crippen molar-refractivity contribution in [1.82, 2.24) is 0 Å². The minimum Gasteiger partial charge on any atom is -0.458 e. The third-order valence-corrected chi connectivity index (χ3v) is 12.6. The van der Waals surface area contributed by atoms with Crippen molar-refractivity contribution in [3.63, 3.8) is 0 Å². The number of methoxy groups -OCH3 is 1. The highest BCUT2D eigenvalue weighted by atomic mass is 16.8. The van der Waals surface area contributed by atoms with Crippen molar-refractivity contribution >= 4 is 11.8 Å². The fraction of sp³-hybridized carbons (Fsp3) is 0.867. The maximum atomic E-state index is 14.3. The maximum Gasteiger partial charge on any atom is 0.331 e. The molecule has 0 radical (unpaired) electrons. The lowest BCUT2D eigenvalue weighted by atomic mass is 9.42. The van der Waals surface area contributed by atoms with Gasteiger partial charge in [-0.3, -0.25) is 4.79 Å². The third-order valence-electron chi connectivity index (χ3n) is 12.6. The zero-order chi connectivity index (χ0) is 29.3. The third kappa shape index (κ3) is 3.49. The number of Topliss-reactive ketones (excluding diaryl/α,β-unsaturated/α-hetero) is 1. The number of aliphatic hydroxyl groups is 4. The number of rotatable bonds is 2. The highest BCUT2D eigenvalue weighted by Gasteiger charge is 2.75. The molecule has 7 aliphatic rings. The summed E-state index contributed by atoms with van der Waals surface area (Å²) in [7, 11) is 1.39. The van der Waals surface area contributed by atoms with Crippen molar-refractivity contribution in [3.05, 3.63) is 11.6 Å². The first-order valence-corrected chi connectivity index (χ1v) is 15.0. The van der Waals surface area contributed by atoms with Gasteiger partial charge in [0, 0.05) is 24.5 Å². The summed E-state index contributed by atoms with van der Waals surface area (Å²) in [6.07, 6.45) is -1.67. The van der Waals surface area contributed by atoms with Crippen molar-refractivity contribution in [2.75, 3.05) is 13.7 Å². The Bertz CT molecular complexity index is 1170. The van der Waals surface area contributed by atoms with E-state index in [1.54, 1.807) is 13.8 Å². The zero-order valence-corrected chi connectivity index (χ0v) is 24.0. The summed E-state index contributed by atoms with van der Waals surface area (Å²) in [6, 6.07) is 0. The molecule has 15 atom stereocenters. The van der Waals surface area contributed by atoms with Gasteiger partial charge in [-0.25, -0.2) is 4.79 Å². The van der Waals surface area contributed by atoms with Crippen LogP contribution in [0.3, 0.4) is 0 Å². The number of carbonyl (C=O) groups excluding carboxylic acids is 2. The van der Waals surface area contributed by atoms with E-state index in [-0.39, 0.29) is 30.1 Å². The first-order chi connectivity index (χ1) is 19.3. The van der Waals surface area contributed by atoms with Crippen LogP contribution in [0.5, 0.6) is 0 Å². The van der Waals surface area contributed by atoms with Crippen LogP contribution in [0.2, 0.25) is 0 Å². The number of fused-ring (bicyclic) bond motifs is 7. The molecule has 3 heterocycles. The average molecular weight is 579 g/mol. The Labute approximate surface area is 239 Å². The van der Waals surface area contributed by atoms with Crippen LogP contribution in [0, 0.1) is 34.5 Å². The van der Waals surface area contributed by atoms with E-state index in [0.717, 1.165) is 12.0 Å². The van der Waals surface area contributed by atoms with E-state index in [1.165, 1.54) is 13.2 Å². The summed E-state index contributed by atoms with van der Waals surface area (Å²) in [6.45, 7) is 5.65. The largest absolute Gasteiger partial charge is 0.458 e. The van der Waals surface area contributed by atoms with E-state index in [4.69, 9.17) is 23.7 Å². The number of aliphatic hydroxyl groups excluding tert-OH is 2. The summed E-state index contributed by atoms with van der Waals surface area (Å²) in [4.78, 5) is 26.2. The van der Waals surface area contributed by atoms with Crippen molar-refractivity contribution in [3.8, 4) is 0 Å². The number of ketones is 1. The Kier molecular flexibility index (Phi) is 6.25. The van der Waals surface area contributed by atoms with E-state index in [9.17, 15) is 30.0 Å². The SMILES string of the molecule is CO[C@@H]1[C@@H](O)[C@@H](C)O[C@H]2O[C@@H]3CC4CC[C@@H]5[C@H](C(=O)[C@@H](O)[C@]6(C)[C@@H](C7=CC(=O)OC7)CC[C@]56O)[C@@]4(C)C[C@H]3O[C@]21O. The Hall–Kier alpha value is -1.44. The molecule has 0 aromatic heterocycles. The topological polar surface area (TPSA) is 161 Å². The summed E-state index contributed by atoms with van der Waals surface area (Å²) in [5, 5.41) is 46.5. The molecular formula is C30H42O11. The van der Waals surface area contributed by atoms with Gasteiger partial charge in [0.15, 0.2) is 5.78 Å². The molecule has 228 valence electrons. The van der Waals surface area contributed by atoms with Crippen LogP contribution in [-0.4, -0.2) is 100 Å². The second-order valence-corrected chi connectivity index (χ2v) is 14.1. The molecule has 6 fully saturated rings. The highest BCUT2D eigenvalue weighted by molar-refractivity contribution is 5.90. The standard InChI is InChI=1S/C30H42O11/c1-13-22(32)25(37-4)30(36)26(39-13)40-18-10-15-5-6-17-21(27(15,2)11-19(18)41-30)23(33)24(34)28(3)16(7-8-29(17,28)35)14-9-20(31)38-12-14/h9,13,15-19,21-22,24-26,32,34-36H,5-8,10-12H2,1-4H3/t13-,15?,16-,17-,18-,19-,21-,22+,24-,25-,26+,27+,28+,29+,30+/m1/s1. The van der Waals surface area contributed by atoms with Crippen molar-refractivity contribution in [1.29, 1.82) is 0 Å². The molecule has 3 aliphatic heterocycles. The fourth-order valence-corrected chi connectivity index (χ4v) is 10.4. The van der Waals surface area contributed by atoms with Gasteiger partial charge in [0.2, 0.25) is 12.1 Å². The molecule has 4 saturated carbocycles.